The molecule has 18 heavy (non-hydrogen) atoms. The third-order valence-corrected chi connectivity index (χ3v) is 3.25. The number of nitrogens with one attached hydrogen (secondary N) is 1. The summed E-state index contributed by atoms with van der Waals surface area (Å²) in [5, 5.41) is 3.03. The van der Waals surface area contributed by atoms with Gasteiger partial charge in [-0.15, -0.1) is 0 Å². The maximum atomic E-state index is 11.9. The molecule has 4 nitrogen and oxygen atoms in total. The van der Waals surface area contributed by atoms with Gasteiger partial charge < -0.3 is 11.1 Å². The van der Waals surface area contributed by atoms with Crippen LogP contribution in [0.3, 0.4) is 0 Å². The van der Waals surface area contributed by atoms with Crippen LogP contribution in [0.2, 0.25) is 0 Å². The topological polar surface area (TPSA) is 72.2 Å². The molecule has 4 heteroatoms. The van der Waals surface area contributed by atoms with Crippen LogP contribution in [0.15, 0.2) is 30.3 Å². The Bertz CT molecular complexity index is 425. The van der Waals surface area contributed by atoms with E-state index in [2.05, 4.69) is 5.32 Å². The van der Waals surface area contributed by atoms with Crippen molar-refractivity contribution in [2.45, 2.75) is 31.3 Å². The molecule has 3 N–H and O–H groups in total. The van der Waals surface area contributed by atoms with Crippen LogP contribution in [0.4, 0.5) is 0 Å². The number of rotatable bonds is 5. The third-order valence-electron chi connectivity index (χ3n) is 3.25. The highest BCUT2D eigenvalue weighted by atomic mass is 16.2. The zero-order valence-electron chi connectivity index (χ0n) is 10.3. The molecule has 0 spiro atoms. The van der Waals surface area contributed by atoms with Gasteiger partial charge in [0.15, 0.2) is 0 Å². The molecule has 0 bridgehead atoms. The largest absolute Gasteiger partial charge is 0.321 e. The highest BCUT2D eigenvalue weighted by molar-refractivity contribution is 6.41. The number of carbonyl (C=O) groups is 2. The lowest BCUT2D eigenvalue weighted by molar-refractivity contribution is -0.138. The summed E-state index contributed by atoms with van der Waals surface area (Å²) in [4.78, 5) is 23.8. The highest BCUT2D eigenvalue weighted by Gasteiger charge is 2.30. The Kier molecular flexibility index (Phi) is 4.23. The fourth-order valence-electron chi connectivity index (χ4n) is 2.22. The summed E-state index contributed by atoms with van der Waals surface area (Å²) in [7, 11) is 0. The maximum absolute atomic E-state index is 11.9. The minimum absolute atomic E-state index is 0.320. The van der Waals surface area contributed by atoms with Crippen molar-refractivity contribution in [2.75, 3.05) is 6.54 Å². The van der Waals surface area contributed by atoms with E-state index in [-0.39, 0.29) is 11.8 Å². The Balaban J connectivity index is 1.94. The van der Waals surface area contributed by atoms with Crippen molar-refractivity contribution in [2.24, 2.45) is 5.73 Å². The predicted octanol–water partition coefficient (Wildman–Crippen LogP) is 0.447. The Morgan fingerprint density at radius 2 is 2.06 bits per heavy atom. The van der Waals surface area contributed by atoms with Gasteiger partial charge >= 0.3 is 0 Å². The van der Waals surface area contributed by atoms with Crippen LogP contribution < -0.4 is 11.1 Å². The second kappa shape index (κ2) is 5.89. The van der Waals surface area contributed by atoms with E-state index in [4.69, 9.17) is 5.73 Å². The molecular formula is C14H18N2O2. The Hall–Kier alpha value is -1.52. The average molecular weight is 246 g/mol. The minimum Gasteiger partial charge on any atom is -0.321 e. The maximum Gasteiger partial charge on any atom is 0.217 e. The van der Waals surface area contributed by atoms with Gasteiger partial charge in [-0.3, -0.25) is 9.59 Å². The van der Waals surface area contributed by atoms with E-state index in [9.17, 15) is 9.59 Å². The molecule has 2 atom stereocenters. The second-order valence-corrected chi connectivity index (χ2v) is 4.67. The molecular weight excluding hydrogens is 228 g/mol. The summed E-state index contributed by atoms with van der Waals surface area (Å²) < 4.78 is 0. The number of Topliss-reactive ketones (excluding diaryl/α,β-unsaturated/α-hetero) is 2. The van der Waals surface area contributed by atoms with Crippen molar-refractivity contribution in [1.29, 1.82) is 0 Å². The van der Waals surface area contributed by atoms with E-state index in [1.807, 2.05) is 30.3 Å². The summed E-state index contributed by atoms with van der Waals surface area (Å²) in [6.07, 6.45) is 2.10. The molecule has 0 radical (unpaired) electrons. The second-order valence-electron chi connectivity index (χ2n) is 4.67. The van der Waals surface area contributed by atoms with Crippen LogP contribution in [-0.4, -0.2) is 30.2 Å². The first-order valence-electron chi connectivity index (χ1n) is 6.29. The molecule has 1 aromatic rings. The quantitative estimate of drug-likeness (QED) is 0.740. The van der Waals surface area contributed by atoms with Crippen LogP contribution in [0.5, 0.6) is 0 Å². The van der Waals surface area contributed by atoms with Gasteiger partial charge in [0.1, 0.15) is 0 Å². The molecule has 2 rings (SSSR count). The lowest BCUT2D eigenvalue weighted by Crippen LogP contribution is -2.45. The van der Waals surface area contributed by atoms with Gasteiger partial charge in [0, 0.05) is 0 Å². The molecule has 0 saturated carbocycles. The minimum atomic E-state index is -0.734. The van der Waals surface area contributed by atoms with Crippen molar-refractivity contribution < 1.29 is 9.59 Å². The predicted molar refractivity (Wildman–Crippen MR) is 69.2 cm³/mol. The SMILES string of the molecule is N[C@@H](Cc1ccccc1)C(=O)C(=O)[C@@H]1CCCN1. The number of ketones is 2. The number of benzene rings is 1. The van der Waals surface area contributed by atoms with Gasteiger partial charge in [0.2, 0.25) is 11.6 Å². The summed E-state index contributed by atoms with van der Waals surface area (Å²) >= 11 is 0. The fraction of sp³-hybridized carbons (Fsp3) is 0.429. The molecule has 0 aliphatic carbocycles. The normalized spacial score (nSPS) is 20.6. The zero-order chi connectivity index (χ0) is 13.0. The van der Waals surface area contributed by atoms with Crippen LogP contribution in [0.25, 0.3) is 0 Å². The lowest BCUT2D eigenvalue weighted by Gasteiger charge is -2.13. The monoisotopic (exact) mass is 246 g/mol. The molecule has 1 saturated heterocycles. The molecule has 1 fully saturated rings. The van der Waals surface area contributed by atoms with Crippen LogP contribution in [0.1, 0.15) is 18.4 Å². The van der Waals surface area contributed by atoms with E-state index in [1.54, 1.807) is 0 Å². The Morgan fingerprint density at radius 3 is 2.67 bits per heavy atom. The first-order valence-corrected chi connectivity index (χ1v) is 6.29. The van der Waals surface area contributed by atoms with E-state index >= 15 is 0 Å². The Labute approximate surface area is 107 Å². The summed E-state index contributed by atoms with van der Waals surface area (Å²) in [5.74, 6) is -0.825. The van der Waals surface area contributed by atoms with Crippen LogP contribution in [0, 0.1) is 0 Å². The average Bonchev–Trinajstić information content (AvgIpc) is 2.92. The van der Waals surface area contributed by atoms with E-state index in [0.29, 0.717) is 6.42 Å². The van der Waals surface area contributed by atoms with Gasteiger partial charge in [0.05, 0.1) is 12.1 Å². The van der Waals surface area contributed by atoms with Gasteiger partial charge in [0.25, 0.3) is 0 Å². The van der Waals surface area contributed by atoms with Crippen LogP contribution >= 0.6 is 0 Å². The molecule has 1 aliphatic heterocycles. The molecule has 1 aliphatic rings. The standard InChI is InChI=1S/C14H18N2O2/c15-11(9-10-5-2-1-3-6-10)13(17)14(18)12-7-4-8-16-12/h1-3,5-6,11-12,16H,4,7-9,15H2/t11-,12-/m0/s1. The number of carbonyl (C=O) groups excluding carboxylic acids is 2. The summed E-state index contributed by atoms with van der Waals surface area (Å²) in [6.45, 7) is 0.803. The lowest BCUT2D eigenvalue weighted by atomic mass is 9.97. The Morgan fingerprint density at radius 1 is 1.33 bits per heavy atom. The van der Waals surface area contributed by atoms with Crippen molar-refractivity contribution in [3.05, 3.63) is 35.9 Å². The summed E-state index contributed by atoms with van der Waals surface area (Å²) in [6, 6.07) is 8.46. The van der Waals surface area contributed by atoms with E-state index in [1.165, 1.54) is 0 Å². The first kappa shape index (κ1) is 12.9. The van der Waals surface area contributed by atoms with Gasteiger partial charge in [-0.2, -0.15) is 0 Å². The van der Waals surface area contributed by atoms with Gasteiger partial charge in [-0.05, 0) is 31.4 Å². The van der Waals surface area contributed by atoms with Crippen molar-refractivity contribution in [3.63, 3.8) is 0 Å². The van der Waals surface area contributed by atoms with Crippen molar-refractivity contribution in [3.8, 4) is 0 Å². The van der Waals surface area contributed by atoms with Gasteiger partial charge in [-0.1, -0.05) is 30.3 Å². The van der Waals surface area contributed by atoms with Crippen molar-refractivity contribution >= 4 is 11.6 Å². The number of hydrogen-bond donors (Lipinski definition) is 2. The number of nitrogens with two attached hydrogens (primary N) is 1. The van der Waals surface area contributed by atoms with E-state index in [0.717, 1.165) is 24.9 Å². The molecule has 0 aromatic heterocycles. The summed E-state index contributed by atoms with van der Waals surface area (Å²) in [5.41, 5.74) is 6.80. The molecule has 96 valence electrons. The smallest absolute Gasteiger partial charge is 0.217 e. The van der Waals surface area contributed by atoms with Crippen LogP contribution in [-0.2, 0) is 16.0 Å². The van der Waals surface area contributed by atoms with E-state index < -0.39 is 11.8 Å². The number of hydrogen-bond acceptors (Lipinski definition) is 4. The molecule has 1 aromatic carbocycles. The third kappa shape index (κ3) is 3.03. The zero-order valence-corrected chi connectivity index (χ0v) is 10.3. The molecule has 1 heterocycles. The fourth-order valence-corrected chi connectivity index (χ4v) is 2.22. The molecule has 0 unspecified atom stereocenters. The van der Waals surface area contributed by atoms with Crippen molar-refractivity contribution in [1.82, 2.24) is 5.32 Å². The first-order chi connectivity index (χ1) is 8.68. The molecule has 0 amide bonds. The van der Waals surface area contributed by atoms with Gasteiger partial charge in [-0.25, -0.2) is 0 Å². The highest BCUT2D eigenvalue weighted by Crippen LogP contribution is 2.09.